The zero-order valence-corrected chi connectivity index (χ0v) is 16.5. The molecule has 1 amide bonds. The van der Waals surface area contributed by atoms with E-state index in [0.29, 0.717) is 5.56 Å². The molecule has 2 rings (SSSR count). The maximum atomic E-state index is 12.3. The summed E-state index contributed by atoms with van der Waals surface area (Å²) in [6.07, 6.45) is 0. The number of aryl methyl sites for hydroxylation is 2. The van der Waals surface area contributed by atoms with E-state index >= 15 is 0 Å². The number of amides is 1. The highest BCUT2D eigenvalue weighted by atomic mass is 16.5. The Balaban J connectivity index is 2.14. The molecule has 0 aliphatic carbocycles. The second-order valence-electron chi connectivity index (χ2n) is 6.19. The van der Waals surface area contributed by atoms with Gasteiger partial charge in [-0.15, -0.1) is 0 Å². The van der Waals surface area contributed by atoms with Crippen LogP contribution in [0.5, 0.6) is 0 Å². The second kappa shape index (κ2) is 9.50. The average molecular weight is 399 g/mol. The number of hydrogen-bond acceptors (Lipinski definition) is 7. The van der Waals surface area contributed by atoms with Crippen molar-refractivity contribution in [2.45, 2.75) is 13.8 Å². The fourth-order valence-electron chi connectivity index (χ4n) is 2.53. The van der Waals surface area contributed by atoms with Gasteiger partial charge in [-0.1, -0.05) is 17.7 Å². The maximum absolute atomic E-state index is 12.3. The van der Waals surface area contributed by atoms with Gasteiger partial charge in [0.1, 0.15) is 0 Å². The summed E-state index contributed by atoms with van der Waals surface area (Å²) in [5.74, 6) is -2.67. The second-order valence-corrected chi connectivity index (χ2v) is 6.19. The smallest absolute Gasteiger partial charge is 0.339 e. The molecule has 0 unspecified atom stereocenters. The third-order valence-electron chi connectivity index (χ3n) is 4.07. The fraction of sp³-hybridized carbons (Fsp3) is 0.238. The zero-order valence-electron chi connectivity index (χ0n) is 16.5. The minimum Gasteiger partial charge on any atom is -0.465 e. The molecule has 152 valence electrons. The van der Waals surface area contributed by atoms with Gasteiger partial charge in [0.25, 0.3) is 5.91 Å². The molecule has 0 atom stereocenters. The van der Waals surface area contributed by atoms with Gasteiger partial charge in [0.05, 0.1) is 36.6 Å². The van der Waals surface area contributed by atoms with E-state index in [1.165, 1.54) is 32.4 Å². The SMILES string of the molecule is COC(=O)c1ccc(C(=O)OC)c(NC(=O)COC(=O)c2cc(C)ccc2C)c1. The van der Waals surface area contributed by atoms with E-state index in [1.807, 2.05) is 13.0 Å². The molecule has 0 heterocycles. The first-order valence-electron chi connectivity index (χ1n) is 8.61. The largest absolute Gasteiger partial charge is 0.465 e. The van der Waals surface area contributed by atoms with E-state index in [1.54, 1.807) is 19.1 Å². The van der Waals surface area contributed by atoms with Crippen LogP contribution in [0.15, 0.2) is 36.4 Å². The molecule has 0 saturated carbocycles. The predicted octanol–water partition coefficient (Wildman–Crippen LogP) is 2.67. The van der Waals surface area contributed by atoms with Gasteiger partial charge in [-0.25, -0.2) is 14.4 Å². The van der Waals surface area contributed by atoms with Crippen LogP contribution in [0.3, 0.4) is 0 Å². The van der Waals surface area contributed by atoms with Crippen LogP contribution in [0.1, 0.15) is 42.2 Å². The van der Waals surface area contributed by atoms with Crippen molar-refractivity contribution in [1.82, 2.24) is 0 Å². The molecule has 0 aliphatic heterocycles. The number of esters is 3. The number of carbonyl (C=O) groups excluding carboxylic acids is 4. The van der Waals surface area contributed by atoms with Crippen molar-refractivity contribution in [3.8, 4) is 0 Å². The topological polar surface area (TPSA) is 108 Å². The van der Waals surface area contributed by atoms with Crippen LogP contribution in [0.2, 0.25) is 0 Å². The van der Waals surface area contributed by atoms with E-state index in [2.05, 4.69) is 14.8 Å². The first-order valence-corrected chi connectivity index (χ1v) is 8.61. The molecule has 0 radical (unpaired) electrons. The number of rotatable bonds is 6. The molecule has 0 fully saturated rings. The van der Waals surface area contributed by atoms with Gasteiger partial charge in [0.15, 0.2) is 6.61 Å². The van der Waals surface area contributed by atoms with Gasteiger partial charge in [0, 0.05) is 0 Å². The molecule has 0 spiro atoms. The van der Waals surface area contributed by atoms with Crippen LogP contribution in [0.25, 0.3) is 0 Å². The highest BCUT2D eigenvalue weighted by Crippen LogP contribution is 2.20. The summed E-state index contributed by atoms with van der Waals surface area (Å²) in [5.41, 5.74) is 2.17. The third kappa shape index (κ3) is 5.41. The molecular formula is C21H21NO7. The van der Waals surface area contributed by atoms with Gasteiger partial charge in [-0.05, 0) is 43.7 Å². The Morgan fingerprint density at radius 2 is 1.52 bits per heavy atom. The average Bonchev–Trinajstić information content (AvgIpc) is 2.72. The Kier molecular flexibility index (Phi) is 7.08. The van der Waals surface area contributed by atoms with Gasteiger partial charge in [0.2, 0.25) is 0 Å². The molecule has 29 heavy (non-hydrogen) atoms. The first-order chi connectivity index (χ1) is 13.8. The lowest BCUT2D eigenvalue weighted by Crippen LogP contribution is -2.23. The van der Waals surface area contributed by atoms with Crippen molar-refractivity contribution in [3.63, 3.8) is 0 Å². The van der Waals surface area contributed by atoms with Gasteiger partial charge in [-0.3, -0.25) is 4.79 Å². The Labute approximate surface area is 167 Å². The number of anilines is 1. The Bertz CT molecular complexity index is 965. The van der Waals surface area contributed by atoms with Crippen LogP contribution in [0.4, 0.5) is 5.69 Å². The Hall–Kier alpha value is -3.68. The van der Waals surface area contributed by atoms with E-state index in [4.69, 9.17) is 4.74 Å². The molecule has 0 bridgehead atoms. The zero-order chi connectivity index (χ0) is 21.6. The molecule has 0 aliphatic rings. The minimum atomic E-state index is -0.705. The van der Waals surface area contributed by atoms with Crippen molar-refractivity contribution < 1.29 is 33.4 Å². The van der Waals surface area contributed by atoms with Crippen molar-refractivity contribution in [1.29, 1.82) is 0 Å². The van der Waals surface area contributed by atoms with Crippen LogP contribution in [-0.4, -0.2) is 44.6 Å². The van der Waals surface area contributed by atoms with Crippen molar-refractivity contribution in [2.24, 2.45) is 0 Å². The molecule has 0 saturated heterocycles. The van der Waals surface area contributed by atoms with Crippen molar-refractivity contribution in [3.05, 3.63) is 64.2 Å². The quantitative estimate of drug-likeness (QED) is 0.588. The van der Waals surface area contributed by atoms with Crippen LogP contribution in [-0.2, 0) is 19.0 Å². The molecule has 1 N–H and O–H groups in total. The standard InChI is InChI=1S/C21H21NO7/c1-12-5-6-13(2)16(9-12)21(26)29-11-18(23)22-17-10-14(19(24)27-3)7-8-15(17)20(25)28-4/h5-10H,11H2,1-4H3,(H,22,23). The van der Waals surface area contributed by atoms with Gasteiger partial charge < -0.3 is 19.5 Å². The molecule has 2 aromatic rings. The number of nitrogens with one attached hydrogen (secondary N) is 1. The monoisotopic (exact) mass is 399 g/mol. The van der Waals surface area contributed by atoms with E-state index in [0.717, 1.165) is 11.1 Å². The van der Waals surface area contributed by atoms with E-state index in [-0.39, 0.29) is 16.8 Å². The summed E-state index contributed by atoms with van der Waals surface area (Å²) in [7, 11) is 2.40. The number of carbonyl (C=O) groups is 4. The molecule has 0 aromatic heterocycles. The van der Waals surface area contributed by atoms with Crippen LogP contribution < -0.4 is 5.32 Å². The molecule has 8 nitrogen and oxygen atoms in total. The van der Waals surface area contributed by atoms with Gasteiger partial charge in [-0.2, -0.15) is 0 Å². The lowest BCUT2D eigenvalue weighted by Gasteiger charge is -2.12. The summed E-state index contributed by atoms with van der Waals surface area (Å²) < 4.78 is 14.4. The normalized spacial score (nSPS) is 10.1. The van der Waals surface area contributed by atoms with Crippen molar-refractivity contribution in [2.75, 3.05) is 26.1 Å². The summed E-state index contributed by atoms with van der Waals surface area (Å²) in [6, 6.07) is 9.30. The Morgan fingerprint density at radius 3 is 2.17 bits per heavy atom. The minimum absolute atomic E-state index is 0.0348. The highest BCUT2D eigenvalue weighted by molar-refractivity contribution is 6.04. The van der Waals surface area contributed by atoms with Gasteiger partial charge >= 0.3 is 17.9 Å². The summed E-state index contributed by atoms with van der Waals surface area (Å²) in [6.45, 7) is 3.03. The number of hydrogen-bond donors (Lipinski definition) is 1. The third-order valence-corrected chi connectivity index (χ3v) is 4.07. The highest BCUT2D eigenvalue weighted by Gasteiger charge is 2.18. The maximum Gasteiger partial charge on any atom is 0.339 e. The van der Waals surface area contributed by atoms with Crippen molar-refractivity contribution >= 4 is 29.5 Å². The summed E-state index contributed by atoms with van der Waals surface area (Å²) in [5, 5.41) is 2.45. The van der Waals surface area contributed by atoms with Crippen LogP contribution >= 0.6 is 0 Å². The molecule has 8 heteroatoms. The Morgan fingerprint density at radius 1 is 0.828 bits per heavy atom. The lowest BCUT2D eigenvalue weighted by molar-refractivity contribution is -0.119. The first kappa shape index (κ1) is 21.6. The number of benzene rings is 2. The lowest BCUT2D eigenvalue weighted by atomic mass is 10.1. The summed E-state index contributed by atoms with van der Waals surface area (Å²) in [4.78, 5) is 48.1. The predicted molar refractivity (Wildman–Crippen MR) is 104 cm³/mol. The van der Waals surface area contributed by atoms with E-state index in [9.17, 15) is 19.2 Å². The summed E-state index contributed by atoms with van der Waals surface area (Å²) >= 11 is 0. The molecule has 2 aromatic carbocycles. The number of ether oxygens (including phenoxy) is 3. The number of methoxy groups -OCH3 is 2. The fourth-order valence-corrected chi connectivity index (χ4v) is 2.53. The molecular weight excluding hydrogens is 378 g/mol. The van der Waals surface area contributed by atoms with Crippen LogP contribution in [0, 0.1) is 13.8 Å². The van der Waals surface area contributed by atoms with E-state index < -0.39 is 30.4 Å².